The zero-order valence-corrected chi connectivity index (χ0v) is 11.1. The van der Waals surface area contributed by atoms with Crippen LogP contribution < -0.4 is 0 Å². The third kappa shape index (κ3) is 1.91. The molecule has 1 saturated heterocycles. The molecule has 0 aromatic heterocycles. The lowest BCUT2D eigenvalue weighted by Crippen LogP contribution is -2.32. The van der Waals surface area contributed by atoms with Crippen molar-refractivity contribution >= 4 is 11.9 Å². The van der Waals surface area contributed by atoms with Gasteiger partial charge in [-0.1, -0.05) is 11.6 Å². The summed E-state index contributed by atoms with van der Waals surface area (Å²) in [7, 11) is 0. The molecule has 4 rings (SSSR count). The predicted octanol–water partition coefficient (Wildman–Crippen LogP) is 3.48. The van der Waals surface area contributed by atoms with E-state index in [-0.39, 0.29) is 11.7 Å². The molecule has 0 amide bonds. The van der Waals surface area contributed by atoms with Crippen LogP contribution in [-0.2, 0) is 9.47 Å². The highest BCUT2D eigenvalue weighted by Gasteiger charge is 2.39. The zero-order chi connectivity index (χ0) is 13.6. The number of fused-ring (bicyclic) bond motifs is 1. The fraction of sp³-hybridized carbons (Fsp3) is 0.438. The number of hydrogen-bond donors (Lipinski definition) is 0. The Morgan fingerprint density at radius 1 is 1.25 bits per heavy atom. The number of halogens is 1. The van der Waals surface area contributed by atoms with E-state index in [1.807, 2.05) is 6.21 Å². The first-order valence-electron chi connectivity index (χ1n) is 7.06. The van der Waals surface area contributed by atoms with Gasteiger partial charge in [0, 0.05) is 25.0 Å². The van der Waals surface area contributed by atoms with Crippen molar-refractivity contribution in [1.82, 2.24) is 0 Å². The van der Waals surface area contributed by atoms with Gasteiger partial charge in [-0.3, -0.25) is 4.99 Å². The molecule has 1 fully saturated rings. The second-order valence-electron chi connectivity index (χ2n) is 5.55. The highest BCUT2D eigenvalue weighted by atomic mass is 19.1. The first-order valence-corrected chi connectivity index (χ1v) is 7.06. The zero-order valence-electron chi connectivity index (χ0n) is 11.1. The summed E-state index contributed by atoms with van der Waals surface area (Å²) in [6, 6.07) is 4.80. The third-order valence-electron chi connectivity index (χ3n) is 4.37. The van der Waals surface area contributed by atoms with Gasteiger partial charge in [0.2, 0.25) is 0 Å². The normalized spacial score (nSPS) is 26.9. The minimum Gasteiger partial charge on any atom is -0.347 e. The fourth-order valence-corrected chi connectivity index (χ4v) is 3.29. The SMILES string of the molecule is Fc1ccc2c(c1)C(C1=CCC3(CC1)OCCO3)C=N2. The summed E-state index contributed by atoms with van der Waals surface area (Å²) >= 11 is 0. The van der Waals surface area contributed by atoms with Crippen LogP contribution in [0.2, 0.25) is 0 Å². The Balaban J connectivity index is 1.60. The van der Waals surface area contributed by atoms with Crippen LogP contribution in [0.25, 0.3) is 0 Å². The molecule has 3 nitrogen and oxygen atoms in total. The molecule has 20 heavy (non-hydrogen) atoms. The Morgan fingerprint density at radius 2 is 2.10 bits per heavy atom. The molecule has 2 aliphatic heterocycles. The Labute approximate surface area is 117 Å². The van der Waals surface area contributed by atoms with Crippen LogP contribution in [0, 0.1) is 5.82 Å². The van der Waals surface area contributed by atoms with Crippen molar-refractivity contribution in [1.29, 1.82) is 0 Å². The van der Waals surface area contributed by atoms with Gasteiger partial charge in [0.05, 0.1) is 18.9 Å². The van der Waals surface area contributed by atoms with Gasteiger partial charge < -0.3 is 9.47 Å². The lowest BCUT2D eigenvalue weighted by molar-refractivity contribution is -0.161. The Hall–Kier alpha value is -1.52. The van der Waals surface area contributed by atoms with Gasteiger partial charge in [-0.05, 0) is 30.2 Å². The van der Waals surface area contributed by atoms with Crippen LogP contribution in [0.1, 0.15) is 30.7 Å². The van der Waals surface area contributed by atoms with E-state index in [9.17, 15) is 4.39 Å². The third-order valence-corrected chi connectivity index (χ3v) is 4.37. The second kappa shape index (κ2) is 4.50. The minimum atomic E-state index is -0.399. The second-order valence-corrected chi connectivity index (χ2v) is 5.55. The van der Waals surface area contributed by atoms with Crippen LogP contribution in [0.4, 0.5) is 10.1 Å². The molecular weight excluding hydrogens is 257 g/mol. The lowest BCUT2D eigenvalue weighted by Gasteiger charge is -2.32. The molecule has 1 aromatic rings. The molecule has 0 saturated carbocycles. The van der Waals surface area contributed by atoms with Crippen molar-refractivity contribution in [3.8, 4) is 0 Å². The largest absolute Gasteiger partial charge is 0.347 e. The average molecular weight is 273 g/mol. The van der Waals surface area contributed by atoms with E-state index in [0.717, 1.165) is 30.5 Å². The van der Waals surface area contributed by atoms with E-state index in [4.69, 9.17) is 9.47 Å². The summed E-state index contributed by atoms with van der Waals surface area (Å²) < 4.78 is 24.9. The van der Waals surface area contributed by atoms with E-state index in [1.165, 1.54) is 11.6 Å². The molecule has 1 spiro atoms. The van der Waals surface area contributed by atoms with Gasteiger partial charge in [0.1, 0.15) is 5.82 Å². The maximum absolute atomic E-state index is 13.4. The quantitative estimate of drug-likeness (QED) is 0.733. The van der Waals surface area contributed by atoms with Crippen molar-refractivity contribution in [2.24, 2.45) is 4.99 Å². The van der Waals surface area contributed by atoms with E-state index in [2.05, 4.69) is 11.1 Å². The van der Waals surface area contributed by atoms with Crippen molar-refractivity contribution in [3.63, 3.8) is 0 Å². The van der Waals surface area contributed by atoms with Gasteiger partial charge in [-0.25, -0.2) is 4.39 Å². The number of hydrogen-bond acceptors (Lipinski definition) is 3. The van der Waals surface area contributed by atoms with Gasteiger partial charge in [0.15, 0.2) is 5.79 Å². The summed E-state index contributed by atoms with van der Waals surface area (Å²) in [5.41, 5.74) is 3.15. The smallest absolute Gasteiger partial charge is 0.172 e. The van der Waals surface area contributed by atoms with Crippen LogP contribution in [0.15, 0.2) is 34.8 Å². The summed E-state index contributed by atoms with van der Waals surface area (Å²) in [6.07, 6.45) is 6.66. The molecule has 0 radical (unpaired) electrons. The molecule has 0 N–H and O–H groups in total. The monoisotopic (exact) mass is 273 g/mol. The van der Waals surface area contributed by atoms with Crippen molar-refractivity contribution in [3.05, 3.63) is 41.2 Å². The average Bonchev–Trinajstić information content (AvgIpc) is 3.07. The fourth-order valence-electron chi connectivity index (χ4n) is 3.29. The Morgan fingerprint density at radius 3 is 2.85 bits per heavy atom. The molecular formula is C16H16FNO2. The van der Waals surface area contributed by atoms with Crippen molar-refractivity contribution in [2.45, 2.75) is 31.0 Å². The number of aliphatic imine (C=N–C) groups is 1. The number of benzene rings is 1. The molecule has 2 heterocycles. The molecule has 1 aliphatic carbocycles. The van der Waals surface area contributed by atoms with E-state index >= 15 is 0 Å². The molecule has 3 aliphatic rings. The van der Waals surface area contributed by atoms with Crippen molar-refractivity contribution in [2.75, 3.05) is 13.2 Å². The highest BCUT2D eigenvalue weighted by molar-refractivity contribution is 5.84. The van der Waals surface area contributed by atoms with Crippen LogP contribution in [0.3, 0.4) is 0 Å². The molecule has 1 atom stereocenters. The topological polar surface area (TPSA) is 30.8 Å². The number of rotatable bonds is 1. The predicted molar refractivity (Wildman–Crippen MR) is 73.9 cm³/mol. The number of ether oxygens (including phenoxy) is 2. The first-order chi connectivity index (χ1) is 9.76. The van der Waals surface area contributed by atoms with Gasteiger partial charge in [-0.2, -0.15) is 0 Å². The molecule has 1 unspecified atom stereocenters. The van der Waals surface area contributed by atoms with Crippen LogP contribution >= 0.6 is 0 Å². The molecule has 4 heteroatoms. The number of allylic oxidation sites excluding steroid dienone is 1. The van der Waals surface area contributed by atoms with Crippen LogP contribution in [-0.4, -0.2) is 25.2 Å². The van der Waals surface area contributed by atoms with Gasteiger partial charge >= 0.3 is 0 Å². The Bertz CT molecular complexity index is 602. The molecule has 104 valence electrons. The lowest BCUT2D eigenvalue weighted by atomic mass is 9.84. The Kier molecular flexibility index (Phi) is 2.75. The summed E-state index contributed by atoms with van der Waals surface area (Å²) in [5, 5.41) is 0. The highest BCUT2D eigenvalue weighted by Crippen LogP contribution is 2.43. The maximum atomic E-state index is 13.4. The first kappa shape index (κ1) is 12.2. The van der Waals surface area contributed by atoms with Gasteiger partial charge in [0.25, 0.3) is 0 Å². The number of nitrogens with zero attached hydrogens (tertiary/aromatic N) is 1. The molecule has 0 bridgehead atoms. The standard InChI is InChI=1S/C16H16FNO2/c17-12-1-2-15-13(9-12)14(10-18-15)11-3-5-16(6-4-11)19-7-8-20-16/h1-3,9-10,14H,4-8H2. The summed E-state index contributed by atoms with van der Waals surface area (Å²) in [6.45, 7) is 1.37. The molecule has 1 aromatic carbocycles. The van der Waals surface area contributed by atoms with Crippen molar-refractivity contribution < 1.29 is 13.9 Å². The van der Waals surface area contributed by atoms with Gasteiger partial charge in [-0.15, -0.1) is 0 Å². The van der Waals surface area contributed by atoms with Crippen LogP contribution in [0.5, 0.6) is 0 Å². The minimum absolute atomic E-state index is 0.111. The summed E-state index contributed by atoms with van der Waals surface area (Å²) in [4.78, 5) is 4.39. The van der Waals surface area contributed by atoms with E-state index in [1.54, 1.807) is 12.1 Å². The maximum Gasteiger partial charge on any atom is 0.172 e. The van der Waals surface area contributed by atoms with E-state index in [0.29, 0.717) is 13.2 Å². The van der Waals surface area contributed by atoms with E-state index < -0.39 is 5.79 Å². The summed E-state index contributed by atoms with van der Waals surface area (Å²) in [5.74, 6) is -0.488.